The van der Waals surface area contributed by atoms with Crippen LogP contribution < -0.4 is 0 Å². The summed E-state index contributed by atoms with van der Waals surface area (Å²) >= 11 is 0. The first-order valence-corrected chi connectivity index (χ1v) is 9.58. The molecule has 1 saturated carbocycles. The fourth-order valence-corrected chi connectivity index (χ4v) is 5.12. The Morgan fingerprint density at radius 1 is 1.25 bits per heavy atom. The fraction of sp³-hybridized carbons (Fsp3) is 0.850. The quantitative estimate of drug-likeness (QED) is 0.631. The lowest BCUT2D eigenvalue weighted by Gasteiger charge is -2.44. The molecule has 0 amide bonds. The molecule has 4 nitrogen and oxygen atoms in total. The molecule has 3 aliphatic rings. The van der Waals surface area contributed by atoms with Crippen LogP contribution in [0.5, 0.6) is 0 Å². The number of hydrogen-bond donors (Lipinski definition) is 1. The average Bonchev–Trinajstić information content (AvgIpc) is 2.52. The molecule has 4 heteroatoms. The van der Waals surface area contributed by atoms with Crippen LogP contribution >= 0.6 is 0 Å². The molecule has 136 valence electrons. The van der Waals surface area contributed by atoms with Crippen molar-refractivity contribution < 1.29 is 19.4 Å². The molecule has 1 heterocycles. The van der Waals surface area contributed by atoms with E-state index in [-0.39, 0.29) is 24.6 Å². The number of fused-ring (bicyclic) bond motifs is 1. The van der Waals surface area contributed by atoms with Gasteiger partial charge >= 0.3 is 5.97 Å². The number of carbonyl (C=O) groups excluding carboxylic acids is 1. The van der Waals surface area contributed by atoms with Crippen molar-refractivity contribution in [2.24, 2.45) is 23.7 Å². The molecule has 0 aromatic heterocycles. The number of cyclic esters (lactones) is 1. The number of allylic oxidation sites excluding steroid dienone is 1. The molecular weight excluding hydrogens is 304 g/mol. The Labute approximate surface area is 145 Å². The lowest BCUT2D eigenvalue weighted by molar-refractivity contribution is -0.160. The highest BCUT2D eigenvalue weighted by Gasteiger charge is 2.40. The Hall–Kier alpha value is -0.870. The van der Waals surface area contributed by atoms with E-state index in [4.69, 9.17) is 9.47 Å². The zero-order valence-electron chi connectivity index (χ0n) is 15.2. The Balaban J connectivity index is 1.67. The summed E-state index contributed by atoms with van der Waals surface area (Å²) in [6.07, 6.45) is 8.34. The summed E-state index contributed by atoms with van der Waals surface area (Å²) in [7, 11) is 1.81. The number of esters is 1. The van der Waals surface area contributed by atoms with Gasteiger partial charge in [0.1, 0.15) is 6.10 Å². The van der Waals surface area contributed by atoms with Crippen molar-refractivity contribution in [1.82, 2.24) is 0 Å². The second-order valence-corrected chi connectivity index (χ2v) is 8.24. The van der Waals surface area contributed by atoms with E-state index in [2.05, 4.69) is 19.9 Å². The monoisotopic (exact) mass is 336 g/mol. The smallest absolute Gasteiger partial charge is 0.308 e. The highest BCUT2D eigenvalue weighted by Crippen LogP contribution is 2.47. The summed E-state index contributed by atoms with van der Waals surface area (Å²) in [4.78, 5) is 11.6. The van der Waals surface area contributed by atoms with Gasteiger partial charge in [0, 0.05) is 13.5 Å². The van der Waals surface area contributed by atoms with Gasteiger partial charge in [-0.2, -0.15) is 0 Å². The number of ether oxygens (including phenoxy) is 2. The molecule has 1 aliphatic heterocycles. The molecule has 1 saturated heterocycles. The fourth-order valence-electron chi connectivity index (χ4n) is 5.12. The lowest BCUT2D eigenvalue weighted by Crippen LogP contribution is -2.40. The number of aliphatic hydroxyl groups excluding tert-OH is 1. The molecule has 24 heavy (non-hydrogen) atoms. The number of rotatable bonds is 4. The van der Waals surface area contributed by atoms with Gasteiger partial charge in [-0.1, -0.05) is 25.5 Å². The molecule has 0 spiro atoms. The minimum absolute atomic E-state index is 0.119. The first-order chi connectivity index (χ1) is 11.5. The molecule has 7 atom stereocenters. The highest BCUT2D eigenvalue weighted by atomic mass is 16.5. The number of hydrogen-bond acceptors (Lipinski definition) is 4. The molecule has 0 aromatic rings. The molecule has 1 unspecified atom stereocenters. The zero-order valence-corrected chi connectivity index (χ0v) is 15.2. The van der Waals surface area contributed by atoms with Gasteiger partial charge in [-0.15, -0.1) is 0 Å². The van der Waals surface area contributed by atoms with Crippen LogP contribution in [0, 0.1) is 23.7 Å². The topological polar surface area (TPSA) is 55.8 Å². The van der Waals surface area contributed by atoms with Gasteiger partial charge in [0.25, 0.3) is 0 Å². The minimum atomic E-state index is -0.530. The third-order valence-electron chi connectivity index (χ3n) is 6.45. The van der Waals surface area contributed by atoms with Crippen molar-refractivity contribution >= 4 is 5.97 Å². The minimum Gasteiger partial charge on any atom is -0.462 e. The molecule has 2 aliphatic carbocycles. The van der Waals surface area contributed by atoms with Crippen LogP contribution in [-0.4, -0.2) is 36.5 Å². The Bertz CT molecular complexity index is 486. The van der Waals surface area contributed by atoms with E-state index in [0.29, 0.717) is 24.2 Å². The van der Waals surface area contributed by atoms with Crippen molar-refractivity contribution in [1.29, 1.82) is 0 Å². The van der Waals surface area contributed by atoms with Gasteiger partial charge in [-0.25, -0.2) is 0 Å². The number of carbonyl (C=O) groups is 1. The van der Waals surface area contributed by atoms with E-state index in [9.17, 15) is 9.90 Å². The predicted octanol–water partition coefficient (Wildman–Crippen LogP) is 3.48. The van der Waals surface area contributed by atoms with Crippen molar-refractivity contribution in [3.63, 3.8) is 0 Å². The van der Waals surface area contributed by atoms with Crippen LogP contribution in [0.4, 0.5) is 0 Å². The van der Waals surface area contributed by atoms with Gasteiger partial charge < -0.3 is 14.6 Å². The van der Waals surface area contributed by atoms with Crippen molar-refractivity contribution in [3.05, 3.63) is 11.6 Å². The maximum atomic E-state index is 11.6. The third-order valence-corrected chi connectivity index (χ3v) is 6.45. The van der Waals surface area contributed by atoms with Crippen molar-refractivity contribution in [2.45, 2.75) is 77.1 Å². The maximum absolute atomic E-state index is 11.6. The van der Waals surface area contributed by atoms with Crippen LogP contribution in [0.1, 0.15) is 58.8 Å². The predicted molar refractivity (Wildman–Crippen MR) is 92.4 cm³/mol. The SMILES string of the molecule is CO[C@@H]1C=C2C[C@H](C)CCC2[C@@H](CC[C@@H]2C[C@@H](O)CC(=O)O2)[C@H]1C. The second kappa shape index (κ2) is 7.57. The van der Waals surface area contributed by atoms with E-state index in [0.717, 1.165) is 18.8 Å². The number of aliphatic hydroxyl groups is 1. The number of methoxy groups -OCH3 is 1. The van der Waals surface area contributed by atoms with Crippen LogP contribution in [0.3, 0.4) is 0 Å². The molecule has 1 N–H and O–H groups in total. The van der Waals surface area contributed by atoms with Crippen molar-refractivity contribution in [2.75, 3.05) is 7.11 Å². The summed E-state index contributed by atoms with van der Waals surface area (Å²) in [5, 5.41) is 9.81. The van der Waals surface area contributed by atoms with Crippen LogP contribution in [0.15, 0.2) is 11.6 Å². The van der Waals surface area contributed by atoms with Crippen molar-refractivity contribution in [3.8, 4) is 0 Å². The van der Waals surface area contributed by atoms with Gasteiger partial charge in [0.05, 0.1) is 18.6 Å². The lowest BCUT2D eigenvalue weighted by atomic mass is 9.63. The van der Waals surface area contributed by atoms with E-state index in [1.54, 1.807) is 12.7 Å². The Kier molecular flexibility index (Phi) is 5.66. The van der Waals surface area contributed by atoms with Gasteiger partial charge in [-0.3, -0.25) is 4.79 Å². The van der Waals surface area contributed by atoms with Gasteiger partial charge in [-0.05, 0) is 55.8 Å². The molecule has 3 rings (SSSR count). The summed E-state index contributed by atoms with van der Waals surface area (Å²) in [5.74, 6) is 2.25. The van der Waals surface area contributed by atoms with Gasteiger partial charge in [0.15, 0.2) is 0 Å². The standard InChI is InChI=1S/C20H32O4/c1-12-4-6-18-14(8-12)9-19(23-3)13(2)17(18)7-5-16-10-15(21)11-20(22)24-16/h9,12-13,15-19,21H,4-8,10-11H2,1-3H3/t12-,13-,15-,16-,17+,18?,19-/m1/s1. The zero-order chi connectivity index (χ0) is 17.3. The maximum Gasteiger partial charge on any atom is 0.308 e. The summed E-state index contributed by atoms with van der Waals surface area (Å²) in [6, 6.07) is 0. The largest absolute Gasteiger partial charge is 0.462 e. The molecule has 0 radical (unpaired) electrons. The van der Waals surface area contributed by atoms with Crippen LogP contribution in [-0.2, 0) is 14.3 Å². The average molecular weight is 336 g/mol. The summed E-state index contributed by atoms with van der Waals surface area (Å²) in [5.41, 5.74) is 1.59. The normalized spacial score (nSPS) is 42.9. The molecular formula is C20H32O4. The molecule has 0 bridgehead atoms. The van der Waals surface area contributed by atoms with Crippen LogP contribution in [0.25, 0.3) is 0 Å². The molecule has 0 aromatic carbocycles. The van der Waals surface area contributed by atoms with E-state index >= 15 is 0 Å². The van der Waals surface area contributed by atoms with E-state index in [1.807, 2.05) is 0 Å². The highest BCUT2D eigenvalue weighted by molar-refractivity contribution is 5.70. The summed E-state index contributed by atoms with van der Waals surface area (Å²) < 4.78 is 11.2. The Morgan fingerprint density at radius 2 is 2.04 bits per heavy atom. The van der Waals surface area contributed by atoms with Crippen LogP contribution in [0.2, 0.25) is 0 Å². The second-order valence-electron chi connectivity index (χ2n) is 8.24. The first-order valence-electron chi connectivity index (χ1n) is 9.58. The molecule has 2 fully saturated rings. The van der Waals surface area contributed by atoms with E-state index in [1.165, 1.54) is 19.3 Å². The van der Waals surface area contributed by atoms with Gasteiger partial charge in [0.2, 0.25) is 0 Å². The first kappa shape index (κ1) is 17.9. The Morgan fingerprint density at radius 3 is 2.75 bits per heavy atom. The summed E-state index contributed by atoms with van der Waals surface area (Å²) in [6.45, 7) is 4.64. The van der Waals surface area contributed by atoms with E-state index < -0.39 is 6.10 Å². The third kappa shape index (κ3) is 3.85.